The smallest absolute Gasteiger partial charge is 0.215 e. The third kappa shape index (κ3) is 2.95. The van der Waals surface area contributed by atoms with E-state index in [2.05, 4.69) is 31.2 Å². The van der Waals surface area contributed by atoms with Gasteiger partial charge in [0, 0.05) is 27.6 Å². The molecule has 0 fully saturated rings. The topological polar surface area (TPSA) is 24.8 Å². The molecule has 2 heterocycles. The van der Waals surface area contributed by atoms with Crippen LogP contribution in [0.2, 0.25) is 10.0 Å². The van der Waals surface area contributed by atoms with Crippen LogP contribution in [0.4, 0.5) is 0 Å². The number of benzene rings is 3. The van der Waals surface area contributed by atoms with Gasteiger partial charge in [0.2, 0.25) is 6.23 Å². The number of hydrogen-bond acceptors (Lipinski definition) is 3. The molecule has 0 spiro atoms. The molecule has 3 aromatic carbocycles. The monoisotopic (exact) mass is 408 g/mol. The number of hydrogen-bond donors (Lipinski definition) is 0. The summed E-state index contributed by atoms with van der Waals surface area (Å²) in [5, 5.41) is 8.35. The summed E-state index contributed by atoms with van der Waals surface area (Å²) in [5.74, 6) is 0.830. The van der Waals surface area contributed by atoms with Gasteiger partial charge in [-0.15, -0.1) is 0 Å². The van der Waals surface area contributed by atoms with Gasteiger partial charge in [-0.3, -0.25) is 0 Å². The number of nitrogens with zero attached hydrogens (tertiary/aromatic N) is 2. The minimum absolute atomic E-state index is 0.0556. The normalized spacial score (nSPS) is 20.2. The van der Waals surface area contributed by atoms with Crippen molar-refractivity contribution in [2.45, 2.75) is 25.6 Å². The quantitative estimate of drug-likeness (QED) is 0.480. The van der Waals surface area contributed by atoms with Gasteiger partial charge in [-0.2, -0.15) is 5.10 Å². The fourth-order valence-corrected chi connectivity index (χ4v) is 4.27. The Morgan fingerprint density at radius 1 is 0.964 bits per heavy atom. The van der Waals surface area contributed by atoms with Crippen molar-refractivity contribution in [2.75, 3.05) is 0 Å². The molecule has 3 aromatic rings. The predicted molar refractivity (Wildman–Crippen MR) is 113 cm³/mol. The van der Waals surface area contributed by atoms with Crippen LogP contribution in [0.3, 0.4) is 0 Å². The van der Waals surface area contributed by atoms with Crippen LogP contribution in [-0.4, -0.2) is 10.7 Å². The maximum Gasteiger partial charge on any atom is 0.215 e. The van der Waals surface area contributed by atoms with Crippen molar-refractivity contribution in [3.05, 3.63) is 99.0 Å². The Morgan fingerprint density at radius 2 is 1.75 bits per heavy atom. The Morgan fingerprint density at radius 3 is 2.54 bits per heavy atom. The van der Waals surface area contributed by atoms with Crippen molar-refractivity contribution in [1.82, 2.24) is 5.01 Å². The number of ether oxygens (including phenoxy) is 1. The van der Waals surface area contributed by atoms with Gasteiger partial charge < -0.3 is 4.74 Å². The zero-order chi connectivity index (χ0) is 19.3. The summed E-state index contributed by atoms with van der Waals surface area (Å²) in [5.41, 5.74) is 5.36. The molecule has 2 aliphatic rings. The molecule has 0 aromatic heterocycles. The SMILES string of the molecule is Cc1ccc(C2=NN3[C@H](C2)c2cc(Cl)ccc2O[C@@H]3c2ccccc2Cl)cc1. The van der Waals surface area contributed by atoms with Crippen molar-refractivity contribution in [2.24, 2.45) is 5.10 Å². The van der Waals surface area contributed by atoms with E-state index in [9.17, 15) is 0 Å². The molecule has 140 valence electrons. The lowest BCUT2D eigenvalue weighted by Gasteiger charge is -2.38. The molecule has 0 saturated heterocycles. The van der Waals surface area contributed by atoms with Crippen LogP contribution in [0.5, 0.6) is 5.75 Å². The first-order chi connectivity index (χ1) is 13.6. The largest absolute Gasteiger partial charge is 0.464 e. The van der Waals surface area contributed by atoms with E-state index in [4.69, 9.17) is 33.0 Å². The molecule has 0 unspecified atom stereocenters. The van der Waals surface area contributed by atoms with Gasteiger partial charge >= 0.3 is 0 Å². The molecule has 0 N–H and O–H groups in total. The number of aryl methyl sites for hydroxylation is 1. The minimum atomic E-state index is -0.379. The average Bonchev–Trinajstić information content (AvgIpc) is 3.14. The zero-order valence-corrected chi connectivity index (χ0v) is 16.8. The Labute approximate surface area is 174 Å². The van der Waals surface area contributed by atoms with Crippen LogP contribution in [0.1, 0.15) is 40.9 Å². The second kappa shape index (κ2) is 6.84. The fraction of sp³-hybridized carbons (Fsp3) is 0.174. The second-order valence-corrected chi connectivity index (χ2v) is 8.03. The molecular formula is C23H18Cl2N2O. The number of hydrazone groups is 1. The van der Waals surface area contributed by atoms with Crippen LogP contribution in [0, 0.1) is 6.92 Å². The summed E-state index contributed by atoms with van der Waals surface area (Å²) in [6.45, 7) is 2.09. The second-order valence-electron chi connectivity index (χ2n) is 7.19. The molecule has 0 radical (unpaired) electrons. The van der Waals surface area contributed by atoms with Gasteiger partial charge in [-0.05, 0) is 36.8 Å². The molecule has 0 saturated carbocycles. The molecule has 2 aliphatic heterocycles. The summed E-state index contributed by atoms with van der Waals surface area (Å²) in [6, 6.07) is 22.1. The molecule has 3 nitrogen and oxygen atoms in total. The van der Waals surface area contributed by atoms with Crippen LogP contribution < -0.4 is 4.74 Å². The molecule has 0 aliphatic carbocycles. The van der Waals surface area contributed by atoms with E-state index in [1.54, 1.807) is 0 Å². The molecule has 28 heavy (non-hydrogen) atoms. The lowest BCUT2D eigenvalue weighted by molar-refractivity contribution is -0.0189. The molecular weight excluding hydrogens is 391 g/mol. The third-order valence-corrected chi connectivity index (χ3v) is 5.89. The Hall–Kier alpha value is -2.49. The van der Waals surface area contributed by atoms with Gasteiger partial charge in [-0.1, -0.05) is 71.2 Å². The highest BCUT2D eigenvalue weighted by Gasteiger charge is 2.41. The van der Waals surface area contributed by atoms with Gasteiger partial charge in [0.25, 0.3) is 0 Å². The number of halogens is 2. The average molecular weight is 409 g/mol. The van der Waals surface area contributed by atoms with E-state index in [-0.39, 0.29) is 12.3 Å². The standard InChI is InChI=1S/C23H18Cl2N2O/c1-14-6-8-15(9-7-14)20-13-21-18-12-16(24)10-11-22(18)28-23(27(21)26-20)17-4-2-3-5-19(17)25/h2-12,21,23H,13H2,1H3/t21-,23-/m1/s1. The third-order valence-electron chi connectivity index (χ3n) is 5.31. The molecule has 5 heteroatoms. The van der Waals surface area contributed by atoms with Crippen LogP contribution in [0.25, 0.3) is 0 Å². The lowest BCUT2D eigenvalue weighted by Crippen LogP contribution is -2.33. The van der Waals surface area contributed by atoms with Crippen LogP contribution in [-0.2, 0) is 0 Å². The van der Waals surface area contributed by atoms with Crippen molar-refractivity contribution >= 4 is 28.9 Å². The van der Waals surface area contributed by atoms with Gasteiger partial charge in [0.1, 0.15) is 5.75 Å². The van der Waals surface area contributed by atoms with E-state index in [1.165, 1.54) is 5.56 Å². The van der Waals surface area contributed by atoms with Gasteiger partial charge in [0.15, 0.2) is 0 Å². The van der Waals surface area contributed by atoms with Crippen LogP contribution in [0.15, 0.2) is 71.8 Å². The molecule has 0 amide bonds. The van der Waals surface area contributed by atoms with Crippen LogP contribution >= 0.6 is 23.2 Å². The number of fused-ring (bicyclic) bond motifs is 3. The Bertz CT molecular complexity index is 1080. The Kier molecular flexibility index (Phi) is 4.30. The van der Waals surface area contributed by atoms with Gasteiger partial charge in [0.05, 0.1) is 11.8 Å². The van der Waals surface area contributed by atoms with E-state index >= 15 is 0 Å². The first-order valence-corrected chi connectivity index (χ1v) is 9.99. The van der Waals surface area contributed by atoms with Gasteiger partial charge in [-0.25, -0.2) is 5.01 Å². The summed E-state index contributed by atoms with van der Waals surface area (Å²) in [6.07, 6.45) is 0.413. The van der Waals surface area contributed by atoms with Crippen molar-refractivity contribution in [3.8, 4) is 5.75 Å². The lowest BCUT2D eigenvalue weighted by atomic mass is 9.95. The van der Waals surface area contributed by atoms with E-state index < -0.39 is 0 Å². The summed E-state index contributed by atoms with van der Waals surface area (Å²) in [7, 11) is 0. The van der Waals surface area contributed by atoms with E-state index in [0.29, 0.717) is 10.0 Å². The highest BCUT2D eigenvalue weighted by molar-refractivity contribution is 6.31. The van der Waals surface area contributed by atoms with E-state index in [0.717, 1.165) is 34.6 Å². The molecule has 5 rings (SSSR count). The number of rotatable bonds is 2. The first kappa shape index (κ1) is 17.6. The maximum atomic E-state index is 6.49. The first-order valence-electron chi connectivity index (χ1n) is 9.23. The predicted octanol–water partition coefficient (Wildman–Crippen LogP) is 6.54. The highest BCUT2D eigenvalue weighted by Crippen LogP contribution is 2.49. The summed E-state index contributed by atoms with van der Waals surface area (Å²) < 4.78 is 6.35. The summed E-state index contributed by atoms with van der Waals surface area (Å²) in [4.78, 5) is 0. The van der Waals surface area contributed by atoms with Crippen molar-refractivity contribution in [1.29, 1.82) is 0 Å². The minimum Gasteiger partial charge on any atom is -0.464 e. The van der Waals surface area contributed by atoms with Crippen molar-refractivity contribution < 1.29 is 4.74 Å². The zero-order valence-electron chi connectivity index (χ0n) is 15.3. The molecule has 0 bridgehead atoms. The molecule has 2 atom stereocenters. The maximum absolute atomic E-state index is 6.49. The summed E-state index contributed by atoms with van der Waals surface area (Å²) >= 11 is 12.8. The highest BCUT2D eigenvalue weighted by atomic mass is 35.5. The van der Waals surface area contributed by atoms with E-state index in [1.807, 2.05) is 47.5 Å². The van der Waals surface area contributed by atoms with Crippen molar-refractivity contribution in [3.63, 3.8) is 0 Å². The fourth-order valence-electron chi connectivity index (χ4n) is 3.86. The Balaban J connectivity index is 1.62.